The van der Waals surface area contributed by atoms with Crippen LogP contribution >= 0.6 is 46.0 Å². The molecule has 1 aliphatic rings. The molecule has 0 unspecified atom stereocenters. The average Bonchev–Trinajstić information content (AvgIpc) is 2.88. The van der Waals surface area contributed by atoms with Gasteiger partial charge in [0, 0.05) is 10.6 Å². The summed E-state index contributed by atoms with van der Waals surface area (Å²) in [7, 11) is 1.42. The summed E-state index contributed by atoms with van der Waals surface area (Å²) < 4.78 is 19.6. The highest BCUT2D eigenvalue weighted by Gasteiger charge is 2.36. The molecule has 1 heterocycles. The van der Waals surface area contributed by atoms with E-state index in [0.717, 1.165) is 16.7 Å². The Kier molecular flexibility index (Phi) is 5.97. The number of methoxy groups -OCH3 is 1. The van der Waals surface area contributed by atoms with E-state index in [2.05, 4.69) is 0 Å². The van der Waals surface area contributed by atoms with E-state index < -0.39 is 17.0 Å². The number of carbonyl (C=O) groups excluding carboxylic acids is 2. The maximum Gasteiger partial charge on any atom is 0.293 e. The van der Waals surface area contributed by atoms with Gasteiger partial charge in [-0.3, -0.25) is 14.5 Å². The molecule has 0 saturated carbocycles. The van der Waals surface area contributed by atoms with E-state index in [1.165, 1.54) is 31.4 Å². The zero-order valence-electron chi connectivity index (χ0n) is 13.8. The number of phenolic OH excluding ortho intramolecular Hbond substituents is 1. The van der Waals surface area contributed by atoms with Crippen molar-refractivity contribution < 1.29 is 23.8 Å². The van der Waals surface area contributed by atoms with Crippen molar-refractivity contribution in [2.75, 3.05) is 7.11 Å². The number of halogens is 3. The van der Waals surface area contributed by atoms with Crippen LogP contribution in [0.1, 0.15) is 11.1 Å². The first-order valence-electron chi connectivity index (χ1n) is 7.56. The Hall–Kier alpha value is -1.78. The average molecular weight is 520 g/mol. The molecule has 1 saturated heterocycles. The Balaban J connectivity index is 1.90. The van der Waals surface area contributed by atoms with Gasteiger partial charge < -0.3 is 9.84 Å². The molecule has 1 fully saturated rings. The smallest absolute Gasteiger partial charge is 0.293 e. The molecule has 140 valence electrons. The Morgan fingerprint density at radius 2 is 2.11 bits per heavy atom. The summed E-state index contributed by atoms with van der Waals surface area (Å²) in [4.78, 5) is 26.0. The van der Waals surface area contributed by atoms with Crippen molar-refractivity contribution >= 4 is 63.2 Å². The third-order valence-electron chi connectivity index (χ3n) is 3.82. The monoisotopic (exact) mass is 519 g/mol. The number of hydrogen-bond acceptors (Lipinski definition) is 5. The van der Waals surface area contributed by atoms with Gasteiger partial charge >= 0.3 is 0 Å². The molecule has 0 atom stereocenters. The van der Waals surface area contributed by atoms with Crippen LogP contribution < -0.4 is 4.74 Å². The fraction of sp³-hybridized carbons (Fsp3) is 0.111. The fourth-order valence-electron chi connectivity index (χ4n) is 2.46. The number of aromatic hydroxyl groups is 1. The largest absolute Gasteiger partial charge is 0.504 e. The Labute approximate surface area is 177 Å². The molecular formula is C18H12ClFINO4S. The quantitative estimate of drug-likeness (QED) is 0.453. The van der Waals surface area contributed by atoms with Gasteiger partial charge in [-0.15, -0.1) is 0 Å². The Morgan fingerprint density at radius 3 is 2.78 bits per heavy atom. The van der Waals surface area contributed by atoms with E-state index in [4.69, 9.17) is 16.3 Å². The highest BCUT2D eigenvalue weighted by atomic mass is 127. The third kappa shape index (κ3) is 4.07. The summed E-state index contributed by atoms with van der Waals surface area (Å²) >= 11 is 8.68. The van der Waals surface area contributed by atoms with E-state index in [1.807, 2.05) is 22.6 Å². The van der Waals surface area contributed by atoms with Crippen LogP contribution in [0.15, 0.2) is 35.2 Å². The minimum absolute atomic E-state index is 0.00227. The second-order valence-corrected chi connectivity index (χ2v) is 8.08. The van der Waals surface area contributed by atoms with Crippen LogP contribution in [-0.2, 0) is 11.3 Å². The first kappa shape index (κ1) is 20.0. The van der Waals surface area contributed by atoms with Gasteiger partial charge in [0.2, 0.25) is 0 Å². The molecule has 0 aliphatic carbocycles. The van der Waals surface area contributed by atoms with Crippen molar-refractivity contribution in [3.05, 3.63) is 60.8 Å². The summed E-state index contributed by atoms with van der Waals surface area (Å²) in [6, 6.07) is 7.38. The van der Waals surface area contributed by atoms with Gasteiger partial charge in [0.1, 0.15) is 5.82 Å². The summed E-state index contributed by atoms with van der Waals surface area (Å²) in [5.41, 5.74) is 0.673. The number of rotatable bonds is 4. The number of amides is 2. The van der Waals surface area contributed by atoms with Gasteiger partial charge in [0.05, 0.1) is 22.1 Å². The van der Waals surface area contributed by atoms with Gasteiger partial charge in [-0.2, -0.15) is 0 Å². The van der Waals surface area contributed by atoms with Gasteiger partial charge in [-0.05, 0) is 70.3 Å². The third-order valence-corrected chi connectivity index (χ3v) is 5.90. The number of thioether (sulfide) groups is 1. The van der Waals surface area contributed by atoms with Crippen molar-refractivity contribution in [3.63, 3.8) is 0 Å². The number of benzene rings is 2. The molecule has 3 rings (SSSR count). The van der Waals surface area contributed by atoms with Crippen LogP contribution in [0.2, 0.25) is 5.02 Å². The van der Waals surface area contributed by atoms with Gasteiger partial charge in [-0.25, -0.2) is 4.39 Å². The molecule has 1 N–H and O–H groups in total. The maximum absolute atomic E-state index is 14.0. The lowest BCUT2D eigenvalue weighted by Gasteiger charge is -2.14. The summed E-state index contributed by atoms with van der Waals surface area (Å²) in [6.07, 6.45) is 1.53. The van der Waals surface area contributed by atoms with Crippen LogP contribution in [0, 0.1) is 9.39 Å². The lowest BCUT2D eigenvalue weighted by atomic mass is 10.1. The minimum Gasteiger partial charge on any atom is -0.504 e. The molecular weight excluding hydrogens is 508 g/mol. The summed E-state index contributed by atoms with van der Waals surface area (Å²) in [5.74, 6) is -0.863. The molecule has 2 aromatic carbocycles. The predicted molar refractivity (Wildman–Crippen MR) is 110 cm³/mol. The van der Waals surface area contributed by atoms with Crippen molar-refractivity contribution in [1.29, 1.82) is 0 Å². The molecule has 27 heavy (non-hydrogen) atoms. The van der Waals surface area contributed by atoms with E-state index in [9.17, 15) is 19.1 Å². The van der Waals surface area contributed by atoms with Crippen LogP contribution in [0.25, 0.3) is 6.08 Å². The Bertz CT molecular complexity index is 962. The van der Waals surface area contributed by atoms with Crippen molar-refractivity contribution in [3.8, 4) is 11.5 Å². The second-order valence-electron chi connectivity index (χ2n) is 5.52. The minimum atomic E-state index is -0.580. The number of carbonyl (C=O) groups is 2. The topological polar surface area (TPSA) is 66.8 Å². The predicted octanol–water partition coefficient (Wildman–Crippen LogP) is 5.03. The first-order chi connectivity index (χ1) is 12.8. The molecule has 0 bridgehead atoms. The molecule has 1 aliphatic heterocycles. The van der Waals surface area contributed by atoms with Crippen molar-refractivity contribution in [2.45, 2.75) is 6.54 Å². The van der Waals surface area contributed by atoms with Crippen molar-refractivity contribution in [1.82, 2.24) is 4.90 Å². The number of phenols is 1. The fourth-order valence-corrected chi connectivity index (χ4v) is 4.15. The summed E-state index contributed by atoms with van der Waals surface area (Å²) in [6.45, 7) is -0.246. The molecule has 0 radical (unpaired) electrons. The second kappa shape index (κ2) is 8.07. The highest BCUT2D eigenvalue weighted by molar-refractivity contribution is 14.1. The van der Waals surface area contributed by atoms with E-state index in [-0.39, 0.29) is 33.5 Å². The van der Waals surface area contributed by atoms with E-state index >= 15 is 0 Å². The van der Waals surface area contributed by atoms with Gasteiger partial charge in [0.15, 0.2) is 11.5 Å². The first-order valence-corrected chi connectivity index (χ1v) is 9.84. The highest BCUT2D eigenvalue weighted by Crippen LogP contribution is 2.37. The molecule has 0 aromatic heterocycles. The molecule has 9 heteroatoms. The number of imide groups is 1. The lowest BCUT2D eigenvalue weighted by molar-refractivity contribution is -0.123. The Morgan fingerprint density at radius 1 is 1.37 bits per heavy atom. The zero-order chi connectivity index (χ0) is 19.7. The van der Waals surface area contributed by atoms with E-state index in [0.29, 0.717) is 9.13 Å². The van der Waals surface area contributed by atoms with Gasteiger partial charge in [0.25, 0.3) is 11.1 Å². The molecule has 2 amide bonds. The van der Waals surface area contributed by atoms with Crippen molar-refractivity contribution in [2.24, 2.45) is 0 Å². The molecule has 0 spiro atoms. The van der Waals surface area contributed by atoms with E-state index in [1.54, 1.807) is 12.1 Å². The van der Waals surface area contributed by atoms with Crippen LogP contribution in [0.3, 0.4) is 0 Å². The van der Waals surface area contributed by atoms with Crippen LogP contribution in [0.5, 0.6) is 11.5 Å². The maximum atomic E-state index is 14.0. The lowest BCUT2D eigenvalue weighted by Crippen LogP contribution is -2.28. The van der Waals surface area contributed by atoms with Crippen LogP contribution in [-0.4, -0.2) is 28.3 Å². The van der Waals surface area contributed by atoms with Gasteiger partial charge in [-0.1, -0.05) is 17.7 Å². The number of ether oxygens (including phenoxy) is 1. The number of nitrogens with zero attached hydrogens (tertiary/aromatic N) is 1. The standard InChI is InChI=1S/C18H12ClFINO4S/c1-26-14-6-9(5-13(21)16(14)23)7-15-17(24)22(18(25)27-15)8-10-11(19)3-2-4-12(10)20/h2-7,23H,8H2,1H3/b15-7-. The number of hydrogen-bond donors (Lipinski definition) is 1. The zero-order valence-corrected chi connectivity index (χ0v) is 17.6. The normalized spacial score (nSPS) is 15.7. The SMILES string of the molecule is COc1cc(/C=C2\SC(=O)N(Cc3c(F)cccc3Cl)C2=O)cc(I)c1O. The molecule has 2 aromatic rings. The molecule has 5 nitrogen and oxygen atoms in total. The summed E-state index contributed by atoms with van der Waals surface area (Å²) in [5, 5.41) is 9.54. The van der Waals surface area contributed by atoms with Crippen LogP contribution in [0.4, 0.5) is 9.18 Å².